The van der Waals surface area contributed by atoms with E-state index in [9.17, 15) is 8.42 Å². The Bertz CT molecular complexity index is 1140. The van der Waals surface area contributed by atoms with Crippen molar-refractivity contribution in [2.24, 2.45) is 0 Å². The zero-order chi connectivity index (χ0) is 20.9. The zero-order valence-corrected chi connectivity index (χ0v) is 17.5. The fourth-order valence-corrected chi connectivity index (χ4v) is 4.30. The molecule has 0 saturated carbocycles. The highest BCUT2D eigenvalue weighted by Crippen LogP contribution is 2.19. The SMILES string of the molecule is CN(Cc1ncccc1Cc1ccc(C#N)cc1)S(=O)(=O)Cc1cccc(Cl)c1. The smallest absolute Gasteiger partial charge is 0.218 e. The molecule has 0 aliphatic heterocycles. The van der Waals surface area contributed by atoms with Gasteiger partial charge in [0.25, 0.3) is 0 Å². The molecule has 0 aliphatic rings. The quantitative estimate of drug-likeness (QED) is 0.569. The first-order valence-corrected chi connectivity index (χ1v) is 11.0. The molecule has 0 spiro atoms. The summed E-state index contributed by atoms with van der Waals surface area (Å²) in [6.07, 6.45) is 2.27. The maximum Gasteiger partial charge on any atom is 0.218 e. The summed E-state index contributed by atoms with van der Waals surface area (Å²) < 4.78 is 26.9. The third-order valence-electron chi connectivity index (χ3n) is 4.55. The lowest BCUT2D eigenvalue weighted by Gasteiger charge is -2.18. The lowest BCUT2D eigenvalue weighted by molar-refractivity contribution is 0.460. The molecule has 7 heteroatoms. The van der Waals surface area contributed by atoms with E-state index in [1.54, 1.807) is 49.6 Å². The van der Waals surface area contributed by atoms with Crippen molar-refractivity contribution in [1.82, 2.24) is 9.29 Å². The molecule has 2 aromatic carbocycles. The summed E-state index contributed by atoms with van der Waals surface area (Å²) in [5.74, 6) is -0.123. The van der Waals surface area contributed by atoms with Gasteiger partial charge < -0.3 is 0 Å². The molecule has 29 heavy (non-hydrogen) atoms. The molecule has 1 aromatic heterocycles. The molecule has 0 fully saturated rings. The summed E-state index contributed by atoms with van der Waals surface area (Å²) in [6, 6.07) is 20.1. The van der Waals surface area contributed by atoms with Gasteiger partial charge in [-0.1, -0.05) is 41.9 Å². The van der Waals surface area contributed by atoms with Gasteiger partial charge in [-0.2, -0.15) is 9.57 Å². The molecule has 148 valence electrons. The van der Waals surface area contributed by atoms with Crippen LogP contribution in [0.4, 0.5) is 0 Å². The van der Waals surface area contributed by atoms with E-state index < -0.39 is 10.0 Å². The maximum atomic E-state index is 12.8. The number of nitrogens with zero attached hydrogens (tertiary/aromatic N) is 3. The standard InChI is InChI=1S/C22H20ClN3O2S/c1-26(29(27,28)16-19-4-2-6-21(23)13-19)15-22-20(5-3-11-25-22)12-17-7-9-18(14-24)10-8-17/h2-11,13H,12,15-16H2,1H3. The van der Waals surface area contributed by atoms with Crippen molar-refractivity contribution in [2.75, 3.05) is 7.05 Å². The first-order chi connectivity index (χ1) is 13.9. The van der Waals surface area contributed by atoms with Gasteiger partial charge in [0.2, 0.25) is 10.0 Å². The van der Waals surface area contributed by atoms with Gasteiger partial charge >= 0.3 is 0 Å². The van der Waals surface area contributed by atoms with E-state index in [4.69, 9.17) is 16.9 Å². The summed E-state index contributed by atoms with van der Waals surface area (Å²) in [7, 11) is -1.97. The van der Waals surface area contributed by atoms with Crippen molar-refractivity contribution in [3.8, 4) is 6.07 Å². The van der Waals surface area contributed by atoms with Crippen LogP contribution in [0.2, 0.25) is 5.02 Å². The second-order valence-electron chi connectivity index (χ2n) is 6.74. The molecular weight excluding hydrogens is 406 g/mol. The van der Waals surface area contributed by atoms with Gasteiger partial charge in [-0.3, -0.25) is 4.98 Å². The molecule has 0 amide bonds. The van der Waals surface area contributed by atoms with Crippen LogP contribution in [0.25, 0.3) is 0 Å². The van der Waals surface area contributed by atoms with Crippen molar-refractivity contribution in [1.29, 1.82) is 5.26 Å². The number of nitriles is 1. The minimum atomic E-state index is -3.53. The summed E-state index contributed by atoms with van der Waals surface area (Å²) in [6.45, 7) is 0.176. The van der Waals surface area contributed by atoms with Gasteiger partial charge in [-0.25, -0.2) is 8.42 Å². The van der Waals surface area contributed by atoms with Gasteiger partial charge in [-0.05, 0) is 53.4 Å². The highest BCUT2D eigenvalue weighted by atomic mass is 35.5. The number of hydrogen-bond acceptors (Lipinski definition) is 4. The van der Waals surface area contributed by atoms with Crippen LogP contribution in [-0.4, -0.2) is 24.8 Å². The molecule has 0 aliphatic carbocycles. The second kappa shape index (κ2) is 9.19. The van der Waals surface area contributed by atoms with Crippen molar-refractivity contribution in [3.63, 3.8) is 0 Å². The molecule has 0 saturated heterocycles. The van der Waals surface area contributed by atoms with E-state index in [-0.39, 0.29) is 12.3 Å². The summed E-state index contributed by atoms with van der Waals surface area (Å²) in [4.78, 5) is 4.40. The van der Waals surface area contributed by atoms with Gasteiger partial charge in [-0.15, -0.1) is 0 Å². The molecule has 0 radical (unpaired) electrons. The number of pyridine rings is 1. The minimum Gasteiger partial charge on any atom is -0.260 e. The first kappa shape index (κ1) is 21.0. The number of aromatic nitrogens is 1. The van der Waals surface area contributed by atoms with Crippen LogP contribution in [-0.2, 0) is 28.7 Å². The molecule has 0 atom stereocenters. The van der Waals surface area contributed by atoms with Crippen LogP contribution in [0.5, 0.6) is 0 Å². The number of hydrogen-bond donors (Lipinski definition) is 0. The molecule has 3 rings (SSSR count). The van der Waals surface area contributed by atoms with Crippen molar-refractivity contribution in [3.05, 3.63) is 99.8 Å². The molecule has 3 aromatic rings. The Morgan fingerprint density at radius 3 is 2.52 bits per heavy atom. The maximum absolute atomic E-state index is 12.8. The average molecular weight is 426 g/mol. The van der Waals surface area contributed by atoms with E-state index in [0.717, 1.165) is 11.1 Å². The Hall–Kier alpha value is -2.72. The van der Waals surface area contributed by atoms with E-state index >= 15 is 0 Å². The Balaban J connectivity index is 1.76. The molecule has 1 heterocycles. The predicted octanol–water partition coefficient (Wildman–Crippen LogP) is 4.16. The summed E-state index contributed by atoms with van der Waals surface area (Å²) >= 11 is 5.96. The number of halogens is 1. The first-order valence-electron chi connectivity index (χ1n) is 8.97. The van der Waals surface area contributed by atoms with Gasteiger partial charge in [0.15, 0.2) is 0 Å². The number of benzene rings is 2. The Kier molecular flexibility index (Phi) is 6.65. The molecular formula is C22H20ClN3O2S. The van der Waals surface area contributed by atoms with Crippen LogP contribution in [0.15, 0.2) is 66.9 Å². The monoisotopic (exact) mass is 425 g/mol. The van der Waals surface area contributed by atoms with Crippen LogP contribution in [0.3, 0.4) is 0 Å². The van der Waals surface area contributed by atoms with Crippen molar-refractivity contribution >= 4 is 21.6 Å². The fraction of sp³-hybridized carbons (Fsp3) is 0.182. The van der Waals surface area contributed by atoms with Crippen molar-refractivity contribution < 1.29 is 8.42 Å². The van der Waals surface area contributed by atoms with E-state index in [1.165, 1.54) is 4.31 Å². The molecule has 0 unspecified atom stereocenters. The third-order valence-corrected chi connectivity index (χ3v) is 6.56. The Morgan fingerprint density at radius 2 is 1.83 bits per heavy atom. The van der Waals surface area contributed by atoms with E-state index in [1.807, 2.05) is 24.3 Å². The van der Waals surface area contributed by atoms with Gasteiger partial charge in [0.05, 0.1) is 29.6 Å². The van der Waals surface area contributed by atoms with Crippen molar-refractivity contribution in [2.45, 2.75) is 18.7 Å². The van der Waals surface area contributed by atoms with Gasteiger partial charge in [0.1, 0.15) is 0 Å². The minimum absolute atomic E-state index is 0.123. The lowest BCUT2D eigenvalue weighted by atomic mass is 10.0. The summed E-state index contributed by atoms with van der Waals surface area (Å²) in [5.41, 5.74) is 3.92. The molecule has 5 nitrogen and oxygen atoms in total. The van der Waals surface area contributed by atoms with Crippen LogP contribution >= 0.6 is 11.6 Å². The highest BCUT2D eigenvalue weighted by molar-refractivity contribution is 7.88. The molecule has 0 N–H and O–H groups in total. The Morgan fingerprint density at radius 1 is 1.07 bits per heavy atom. The summed E-state index contributed by atoms with van der Waals surface area (Å²) in [5, 5.41) is 9.44. The van der Waals surface area contributed by atoms with Crippen LogP contribution in [0, 0.1) is 11.3 Å². The van der Waals surface area contributed by atoms with Crippen LogP contribution < -0.4 is 0 Å². The molecule has 0 bridgehead atoms. The number of sulfonamides is 1. The largest absolute Gasteiger partial charge is 0.260 e. The predicted molar refractivity (Wildman–Crippen MR) is 114 cm³/mol. The second-order valence-corrected chi connectivity index (χ2v) is 9.25. The zero-order valence-electron chi connectivity index (χ0n) is 15.9. The third kappa shape index (κ3) is 5.64. The highest BCUT2D eigenvalue weighted by Gasteiger charge is 2.20. The normalized spacial score (nSPS) is 11.4. The van der Waals surface area contributed by atoms with Gasteiger partial charge in [0, 0.05) is 18.3 Å². The number of rotatable bonds is 7. The fourth-order valence-electron chi connectivity index (χ4n) is 2.95. The van der Waals surface area contributed by atoms with Crippen LogP contribution in [0.1, 0.15) is 27.9 Å². The Labute approximate surface area is 176 Å². The topological polar surface area (TPSA) is 74.1 Å². The average Bonchev–Trinajstić information content (AvgIpc) is 2.69. The lowest BCUT2D eigenvalue weighted by Crippen LogP contribution is -2.28. The van der Waals surface area contributed by atoms with E-state index in [2.05, 4.69) is 11.1 Å². The van der Waals surface area contributed by atoms with E-state index in [0.29, 0.717) is 28.3 Å².